The minimum Gasteiger partial charge on any atom is -0.368 e. The van der Waals surface area contributed by atoms with Crippen LogP contribution in [0.2, 0.25) is 0 Å². The highest BCUT2D eigenvalue weighted by atomic mass is 32.2. The van der Waals surface area contributed by atoms with Gasteiger partial charge in [0.05, 0.1) is 5.69 Å². The first-order valence-electron chi connectivity index (χ1n) is 5.80. The molecule has 1 amide bonds. The maximum atomic E-state index is 11.6. The summed E-state index contributed by atoms with van der Waals surface area (Å²) in [5.74, 6) is -0.503. The maximum Gasteiger partial charge on any atom is 0.241 e. The molecule has 1 aliphatic heterocycles. The van der Waals surface area contributed by atoms with Crippen molar-refractivity contribution in [2.75, 3.05) is 24.5 Å². The summed E-state index contributed by atoms with van der Waals surface area (Å²) in [7, 11) is -3.85. The lowest BCUT2D eigenvalue weighted by molar-refractivity contribution is -0.119. The number of anilines is 1. The van der Waals surface area contributed by atoms with Crippen LogP contribution >= 0.6 is 0 Å². The third kappa shape index (κ3) is 2.86. The van der Waals surface area contributed by atoms with Crippen LogP contribution in [0.5, 0.6) is 0 Å². The zero-order valence-electron chi connectivity index (χ0n) is 10.2. The molecule has 0 radical (unpaired) electrons. The fourth-order valence-corrected chi connectivity index (χ4v) is 2.93. The number of primary amides is 1. The fourth-order valence-electron chi connectivity index (χ4n) is 2.18. The molecular weight excluding hydrogens is 268 g/mol. The second kappa shape index (κ2) is 5.16. The number of amides is 1. The predicted octanol–water partition coefficient (Wildman–Crippen LogP) is -1.40. The summed E-state index contributed by atoms with van der Waals surface area (Å²) in [6.07, 6.45) is 0. The van der Waals surface area contributed by atoms with Crippen molar-refractivity contribution in [3.8, 4) is 0 Å². The van der Waals surface area contributed by atoms with Crippen molar-refractivity contribution < 1.29 is 13.2 Å². The Bertz CT molecular complexity index is 587. The Kier molecular flexibility index (Phi) is 3.74. The molecule has 104 valence electrons. The predicted molar refractivity (Wildman–Crippen MR) is 71.0 cm³/mol. The van der Waals surface area contributed by atoms with Crippen molar-refractivity contribution in [2.24, 2.45) is 10.9 Å². The molecule has 1 fully saturated rings. The monoisotopic (exact) mass is 284 g/mol. The average Bonchev–Trinajstić information content (AvgIpc) is 2.37. The summed E-state index contributed by atoms with van der Waals surface area (Å²) in [6.45, 7) is 1.51. The summed E-state index contributed by atoms with van der Waals surface area (Å²) in [5, 5.41) is 8.25. The van der Waals surface area contributed by atoms with Crippen LogP contribution in [-0.4, -0.2) is 40.0 Å². The number of rotatable bonds is 3. The first-order valence-corrected chi connectivity index (χ1v) is 7.34. The van der Waals surface area contributed by atoms with Gasteiger partial charge in [-0.3, -0.25) is 4.79 Å². The third-order valence-corrected chi connectivity index (χ3v) is 4.01. The molecule has 0 aliphatic carbocycles. The van der Waals surface area contributed by atoms with Crippen LogP contribution in [0.3, 0.4) is 0 Å². The molecule has 0 saturated carbocycles. The third-order valence-electron chi connectivity index (χ3n) is 3.05. The van der Waals surface area contributed by atoms with Gasteiger partial charge in [-0.1, -0.05) is 12.1 Å². The van der Waals surface area contributed by atoms with Gasteiger partial charge in [-0.15, -0.1) is 0 Å². The Balaban J connectivity index is 2.48. The first-order chi connectivity index (χ1) is 8.91. The molecule has 7 nitrogen and oxygen atoms in total. The molecule has 19 heavy (non-hydrogen) atoms. The number of nitrogens with two attached hydrogens (primary N) is 2. The highest BCUT2D eigenvalue weighted by Gasteiger charge is 2.30. The van der Waals surface area contributed by atoms with Crippen LogP contribution in [0.1, 0.15) is 0 Å². The normalized spacial score (nSPS) is 20.3. The molecule has 1 aromatic rings. The van der Waals surface area contributed by atoms with E-state index in [0.717, 1.165) is 0 Å². The summed E-state index contributed by atoms with van der Waals surface area (Å²) in [6, 6.07) is 5.75. The van der Waals surface area contributed by atoms with E-state index in [4.69, 9.17) is 10.9 Å². The number of sulfonamides is 1. The molecule has 1 aliphatic rings. The van der Waals surface area contributed by atoms with Gasteiger partial charge in [-0.05, 0) is 12.1 Å². The molecule has 1 saturated heterocycles. The van der Waals surface area contributed by atoms with Crippen molar-refractivity contribution >= 4 is 21.6 Å². The minimum absolute atomic E-state index is 0.00292. The number of hydrogen-bond donors (Lipinski definition) is 3. The molecule has 8 heteroatoms. The van der Waals surface area contributed by atoms with Gasteiger partial charge in [0.15, 0.2) is 0 Å². The second-order valence-electron chi connectivity index (χ2n) is 4.33. The van der Waals surface area contributed by atoms with Crippen molar-refractivity contribution in [2.45, 2.75) is 10.9 Å². The standard InChI is InChI=1S/C11H16N4O3S/c12-11(16)9-7-14-5-6-15(9)8-3-1-2-4-10(8)19(13,17)18/h1-4,9,14H,5-7H2,(H2,12,16)(H2,13,17,18). The summed E-state index contributed by atoms with van der Waals surface area (Å²) in [4.78, 5) is 13.1. The largest absolute Gasteiger partial charge is 0.368 e. The van der Waals surface area contributed by atoms with Crippen LogP contribution < -0.4 is 21.1 Å². The Hall–Kier alpha value is -1.64. The van der Waals surface area contributed by atoms with Crippen LogP contribution in [-0.2, 0) is 14.8 Å². The lowest BCUT2D eigenvalue weighted by Gasteiger charge is -2.36. The van der Waals surface area contributed by atoms with Crippen LogP contribution in [0.4, 0.5) is 5.69 Å². The molecule has 1 unspecified atom stereocenters. The van der Waals surface area contributed by atoms with Gasteiger partial charge in [0.25, 0.3) is 0 Å². The molecule has 1 heterocycles. The van der Waals surface area contributed by atoms with Crippen molar-refractivity contribution in [3.63, 3.8) is 0 Å². The number of piperazine rings is 1. The van der Waals surface area contributed by atoms with Gasteiger partial charge < -0.3 is 16.0 Å². The number of primary sulfonamides is 1. The summed E-state index contributed by atoms with van der Waals surface area (Å²) < 4.78 is 23.2. The van der Waals surface area contributed by atoms with Crippen molar-refractivity contribution in [1.29, 1.82) is 0 Å². The topological polar surface area (TPSA) is 119 Å². The van der Waals surface area contributed by atoms with Crippen LogP contribution in [0.15, 0.2) is 29.2 Å². The minimum atomic E-state index is -3.85. The fraction of sp³-hybridized carbons (Fsp3) is 0.364. The number of carbonyl (C=O) groups excluding carboxylic acids is 1. The summed E-state index contributed by atoms with van der Waals surface area (Å²) >= 11 is 0. The molecule has 0 spiro atoms. The van der Waals surface area contributed by atoms with E-state index in [1.54, 1.807) is 23.1 Å². The highest BCUT2D eigenvalue weighted by Crippen LogP contribution is 2.26. The highest BCUT2D eigenvalue weighted by molar-refractivity contribution is 7.89. The SMILES string of the molecule is NC(=O)C1CNCCN1c1ccccc1S(N)(=O)=O. The van der Waals surface area contributed by atoms with Gasteiger partial charge in [-0.25, -0.2) is 13.6 Å². The van der Waals surface area contributed by atoms with E-state index in [-0.39, 0.29) is 4.90 Å². The molecule has 2 rings (SSSR count). The molecule has 5 N–H and O–H groups in total. The Labute approximate surface area is 111 Å². The van der Waals surface area contributed by atoms with E-state index < -0.39 is 22.0 Å². The van der Waals surface area contributed by atoms with E-state index in [9.17, 15) is 13.2 Å². The van der Waals surface area contributed by atoms with Gasteiger partial charge in [-0.2, -0.15) is 0 Å². The van der Waals surface area contributed by atoms with E-state index >= 15 is 0 Å². The Morgan fingerprint density at radius 3 is 2.68 bits per heavy atom. The average molecular weight is 284 g/mol. The number of hydrogen-bond acceptors (Lipinski definition) is 5. The van der Waals surface area contributed by atoms with Crippen LogP contribution in [0.25, 0.3) is 0 Å². The zero-order chi connectivity index (χ0) is 14.0. The molecule has 0 bridgehead atoms. The van der Waals surface area contributed by atoms with E-state index in [0.29, 0.717) is 25.3 Å². The van der Waals surface area contributed by atoms with Gasteiger partial charge >= 0.3 is 0 Å². The quantitative estimate of drug-likeness (QED) is 0.630. The lowest BCUT2D eigenvalue weighted by atomic mass is 10.1. The smallest absolute Gasteiger partial charge is 0.241 e. The van der Waals surface area contributed by atoms with Crippen LogP contribution in [0, 0.1) is 0 Å². The zero-order valence-corrected chi connectivity index (χ0v) is 11.1. The van der Waals surface area contributed by atoms with Gasteiger partial charge in [0.2, 0.25) is 15.9 Å². The number of para-hydroxylation sites is 1. The number of carbonyl (C=O) groups is 1. The lowest BCUT2D eigenvalue weighted by Crippen LogP contribution is -2.57. The second-order valence-corrected chi connectivity index (χ2v) is 5.86. The number of nitrogens with one attached hydrogen (secondary N) is 1. The first kappa shape index (κ1) is 13.8. The van der Waals surface area contributed by atoms with Crippen molar-refractivity contribution in [3.05, 3.63) is 24.3 Å². The molecule has 0 aromatic heterocycles. The Morgan fingerprint density at radius 2 is 2.05 bits per heavy atom. The summed E-state index contributed by atoms with van der Waals surface area (Å²) in [5.41, 5.74) is 5.77. The molecular formula is C11H16N4O3S. The van der Waals surface area contributed by atoms with Gasteiger partial charge in [0, 0.05) is 19.6 Å². The van der Waals surface area contributed by atoms with Gasteiger partial charge in [0.1, 0.15) is 10.9 Å². The van der Waals surface area contributed by atoms with E-state index in [1.165, 1.54) is 6.07 Å². The maximum absolute atomic E-state index is 11.6. The molecule has 1 atom stereocenters. The number of nitrogens with zero attached hydrogens (tertiary/aromatic N) is 1. The van der Waals surface area contributed by atoms with E-state index in [1.807, 2.05) is 0 Å². The van der Waals surface area contributed by atoms with Crippen molar-refractivity contribution in [1.82, 2.24) is 5.32 Å². The Morgan fingerprint density at radius 1 is 1.37 bits per heavy atom. The molecule has 1 aromatic carbocycles. The van der Waals surface area contributed by atoms with E-state index in [2.05, 4.69) is 5.32 Å². The number of benzene rings is 1.